The lowest BCUT2D eigenvalue weighted by atomic mass is 10.1. The lowest BCUT2D eigenvalue weighted by molar-refractivity contribution is -0.120. The molecule has 0 atom stereocenters. The number of fused-ring (bicyclic) bond motifs is 1. The summed E-state index contributed by atoms with van der Waals surface area (Å²) in [6, 6.07) is 24.8. The van der Waals surface area contributed by atoms with E-state index in [0.717, 1.165) is 28.7 Å². The molecule has 0 saturated heterocycles. The van der Waals surface area contributed by atoms with Gasteiger partial charge in [0.05, 0.1) is 12.8 Å². The first-order valence-electron chi connectivity index (χ1n) is 10.5. The molecule has 0 aliphatic heterocycles. The standard InChI is InChI=1S/C26H23ClN4O2/c1-18-23(15-29-30-25(32)16-28-26(33)20-11-13-21(27)14-12-20)22-9-5-6-10-24(22)31(18)17-19-7-3-2-4-8-19/h2-15H,16-17H2,1H3,(H,28,33)(H,30,32). The van der Waals surface area contributed by atoms with E-state index < -0.39 is 5.91 Å². The lowest BCUT2D eigenvalue weighted by Gasteiger charge is -2.08. The first-order chi connectivity index (χ1) is 16.0. The van der Waals surface area contributed by atoms with Gasteiger partial charge in [0.15, 0.2) is 0 Å². The van der Waals surface area contributed by atoms with Crippen LogP contribution < -0.4 is 10.7 Å². The SMILES string of the molecule is Cc1c(C=NNC(=O)CNC(=O)c2ccc(Cl)cc2)c2ccccc2n1Cc1ccccc1. The maximum Gasteiger partial charge on any atom is 0.259 e. The van der Waals surface area contributed by atoms with Crippen LogP contribution in [0.15, 0.2) is 84.0 Å². The fourth-order valence-corrected chi connectivity index (χ4v) is 3.79. The van der Waals surface area contributed by atoms with Crippen molar-refractivity contribution in [2.75, 3.05) is 6.54 Å². The molecule has 0 radical (unpaired) electrons. The summed E-state index contributed by atoms with van der Waals surface area (Å²) < 4.78 is 2.24. The van der Waals surface area contributed by atoms with Crippen molar-refractivity contribution in [3.63, 3.8) is 0 Å². The van der Waals surface area contributed by atoms with Crippen molar-refractivity contribution >= 4 is 40.5 Å². The van der Waals surface area contributed by atoms with Gasteiger partial charge in [0, 0.05) is 39.3 Å². The predicted octanol–water partition coefficient (Wildman–Crippen LogP) is 4.53. The monoisotopic (exact) mass is 458 g/mol. The number of carbonyl (C=O) groups is 2. The van der Waals surface area contributed by atoms with Crippen LogP contribution in [-0.2, 0) is 11.3 Å². The first kappa shape index (κ1) is 22.3. The molecule has 0 aliphatic rings. The van der Waals surface area contributed by atoms with Gasteiger partial charge in [-0.05, 0) is 42.8 Å². The van der Waals surface area contributed by atoms with Gasteiger partial charge in [0.25, 0.3) is 11.8 Å². The molecule has 4 aromatic rings. The number of hydrogen-bond donors (Lipinski definition) is 2. The van der Waals surface area contributed by atoms with E-state index in [2.05, 4.69) is 38.6 Å². The number of nitrogens with one attached hydrogen (secondary N) is 2. The molecule has 2 amide bonds. The maximum atomic E-state index is 12.2. The van der Waals surface area contributed by atoms with Gasteiger partial charge in [-0.2, -0.15) is 5.10 Å². The topological polar surface area (TPSA) is 75.5 Å². The number of hydrazone groups is 1. The summed E-state index contributed by atoms with van der Waals surface area (Å²) in [5.74, 6) is -0.773. The zero-order chi connectivity index (χ0) is 23.2. The van der Waals surface area contributed by atoms with Gasteiger partial charge >= 0.3 is 0 Å². The molecular formula is C26H23ClN4O2. The van der Waals surface area contributed by atoms with Crippen molar-refractivity contribution in [2.24, 2.45) is 5.10 Å². The second-order valence-electron chi connectivity index (χ2n) is 7.57. The maximum absolute atomic E-state index is 12.2. The zero-order valence-corrected chi connectivity index (χ0v) is 18.8. The van der Waals surface area contributed by atoms with Crippen molar-refractivity contribution in [3.05, 3.63) is 106 Å². The van der Waals surface area contributed by atoms with Gasteiger partial charge in [-0.3, -0.25) is 9.59 Å². The van der Waals surface area contributed by atoms with Gasteiger partial charge in [0.1, 0.15) is 0 Å². The smallest absolute Gasteiger partial charge is 0.259 e. The lowest BCUT2D eigenvalue weighted by Crippen LogP contribution is -2.34. The van der Waals surface area contributed by atoms with Crippen LogP contribution in [0.1, 0.15) is 27.2 Å². The largest absolute Gasteiger partial charge is 0.343 e. The van der Waals surface area contributed by atoms with Crippen LogP contribution in [0, 0.1) is 6.92 Å². The molecule has 0 aliphatic carbocycles. The summed E-state index contributed by atoms with van der Waals surface area (Å²) in [7, 11) is 0. The van der Waals surface area contributed by atoms with Crippen LogP contribution in [0.5, 0.6) is 0 Å². The molecule has 2 N–H and O–H groups in total. The Hall–Kier alpha value is -3.90. The molecular weight excluding hydrogens is 436 g/mol. The normalized spacial score (nSPS) is 11.1. The third-order valence-corrected chi connectivity index (χ3v) is 5.61. The molecule has 1 aromatic heterocycles. The summed E-state index contributed by atoms with van der Waals surface area (Å²) in [5.41, 5.74) is 7.20. The molecule has 0 spiro atoms. The number of rotatable bonds is 7. The van der Waals surface area contributed by atoms with E-state index in [0.29, 0.717) is 10.6 Å². The van der Waals surface area contributed by atoms with Crippen molar-refractivity contribution in [2.45, 2.75) is 13.5 Å². The van der Waals surface area contributed by atoms with Crippen molar-refractivity contribution in [3.8, 4) is 0 Å². The van der Waals surface area contributed by atoms with Gasteiger partial charge < -0.3 is 9.88 Å². The van der Waals surface area contributed by atoms with Gasteiger partial charge in [-0.25, -0.2) is 5.43 Å². The Kier molecular flexibility index (Phi) is 6.86. The highest BCUT2D eigenvalue weighted by Gasteiger charge is 2.13. The molecule has 1 heterocycles. The van der Waals surface area contributed by atoms with E-state index in [9.17, 15) is 9.59 Å². The summed E-state index contributed by atoms with van der Waals surface area (Å²) in [4.78, 5) is 24.3. The Morgan fingerprint density at radius 1 is 0.970 bits per heavy atom. The Bertz CT molecular complexity index is 1310. The van der Waals surface area contributed by atoms with Gasteiger partial charge in [-0.1, -0.05) is 60.1 Å². The average Bonchev–Trinajstić information content (AvgIpc) is 3.10. The van der Waals surface area contributed by atoms with Crippen molar-refractivity contribution in [1.29, 1.82) is 0 Å². The minimum absolute atomic E-state index is 0.187. The molecule has 0 unspecified atom stereocenters. The van der Waals surface area contributed by atoms with E-state index in [1.807, 2.05) is 43.3 Å². The minimum Gasteiger partial charge on any atom is -0.343 e. The Morgan fingerprint density at radius 2 is 1.67 bits per heavy atom. The van der Waals surface area contributed by atoms with Crippen LogP contribution in [0.4, 0.5) is 0 Å². The zero-order valence-electron chi connectivity index (χ0n) is 18.1. The van der Waals surface area contributed by atoms with E-state index in [1.165, 1.54) is 5.56 Å². The fourth-order valence-electron chi connectivity index (χ4n) is 3.66. The molecule has 4 rings (SSSR count). The van der Waals surface area contributed by atoms with E-state index in [-0.39, 0.29) is 12.5 Å². The number of aromatic nitrogens is 1. The highest BCUT2D eigenvalue weighted by atomic mass is 35.5. The molecule has 0 saturated carbocycles. The van der Waals surface area contributed by atoms with E-state index in [4.69, 9.17) is 11.6 Å². The number of benzene rings is 3. The third kappa shape index (κ3) is 5.30. The van der Waals surface area contributed by atoms with E-state index in [1.54, 1.807) is 30.5 Å². The number of carbonyl (C=O) groups excluding carboxylic acids is 2. The van der Waals surface area contributed by atoms with Crippen LogP contribution in [0.3, 0.4) is 0 Å². The Balaban J connectivity index is 1.43. The van der Waals surface area contributed by atoms with Crippen LogP contribution in [-0.4, -0.2) is 29.1 Å². The minimum atomic E-state index is -0.417. The summed E-state index contributed by atoms with van der Waals surface area (Å²) in [6.07, 6.45) is 1.65. The van der Waals surface area contributed by atoms with Gasteiger partial charge in [0.2, 0.25) is 0 Å². The van der Waals surface area contributed by atoms with Crippen LogP contribution >= 0.6 is 11.6 Å². The summed E-state index contributed by atoms with van der Waals surface area (Å²) >= 11 is 5.83. The molecule has 6 nitrogen and oxygen atoms in total. The molecule has 0 bridgehead atoms. The number of amides is 2. The highest BCUT2D eigenvalue weighted by Crippen LogP contribution is 2.25. The second-order valence-corrected chi connectivity index (χ2v) is 8.01. The quantitative estimate of drug-likeness (QED) is 0.315. The first-order valence-corrected chi connectivity index (χ1v) is 10.9. The summed E-state index contributed by atoms with van der Waals surface area (Å²) in [5, 5.41) is 8.29. The molecule has 7 heteroatoms. The fraction of sp³-hybridized carbons (Fsp3) is 0.115. The average molecular weight is 459 g/mol. The molecule has 166 valence electrons. The Morgan fingerprint density at radius 3 is 2.42 bits per heavy atom. The molecule has 3 aromatic carbocycles. The number of hydrogen-bond acceptors (Lipinski definition) is 3. The Labute approximate surface area is 196 Å². The van der Waals surface area contributed by atoms with Crippen LogP contribution in [0.25, 0.3) is 10.9 Å². The van der Waals surface area contributed by atoms with E-state index >= 15 is 0 Å². The third-order valence-electron chi connectivity index (χ3n) is 5.36. The summed E-state index contributed by atoms with van der Waals surface area (Å²) in [6.45, 7) is 2.59. The van der Waals surface area contributed by atoms with Crippen molar-refractivity contribution in [1.82, 2.24) is 15.3 Å². The predicted molar refractivity (Wildman–Crippen MR) is 132 cm³/mol. The van der Waals surface area contributed by atoms with Crippen LogP contribution in [0.2, 0.25) is 5.02 Å². The highest BCUT2D eigenvalue weighted by molar-refractivity contribution is 6.30. The number of halogens is 1. The van der Waals surface area contributed by atoms with Gasteiger partial charge in [-0.15, -0.1) is 0 Å². The van der Waals surface area contributed by atoms with Crippen molar-refractivity contribution < 1.29 is 9.59 Å². The number of nitrogens with zero attached hydrogens (tertiary/aromatic N) is 2. The number of para-hydroxylation sites is 1. The molecule has 33 heavy (non-hydrogen) atoms. The second kappa shape index (κ2) is 10.1. The molecule has 0 fully saturated rings.